The van der Waals surface area contributed by atoms with Crippen LogP contribution in [0.4, 0.5) is 0 Å². The highest BCUT2D eigenvalue weighted by Crippen LogP contribution is 2.38. The number of aryl methyl sites for hydroxylation is 1. The molecule has 0 bridgehead atoms. The van der Waals surface area contributed by atoms with Crippen molar-refractivity contribution < 1.29 is 9.47 Å². The summed E-state index contributed by atoms with van der Waals surface area (Å²) in [5.74, 6) is 0.583. The van der Waals surface area contributed by atoms with Crippen molar-refractivity contribution in [1.29, 1.82) is 0 Å². The van der Waals surface area contributed by atoms with Crippen molar-refractivity contribution in [2.24, 2.45) is 5.73 Å². The summed E-state index contributed by atoms with van der Waals surface area (Å²) >= 11 is 0. The van der Waals surface area contributed by atoms with Crippen LogP contribution in [0.15, 0.2) is 24.3 Å². The number of ether oxygens (including phenoxy) is 2. The molecule has 1 heterocycles. The van der Waals surface area contributed by atoms with Gasteiger partial charge >= 0.3 is 0 Å². The Morgan fingerprint density at radius 1 is 1.33 bits per heavy atom. The Kier molecular flexibility index (Phi) is 4.63. The number of hydrogen-bond donors (Lipinski definition) is 1. The van der Waals surface area contributed by atoms with Gasteiger partial charge in [0.25, 0.3) is 0 Å². The van der Waals surface area contributed by atoms with E-state index < -0.39 is 0 Å². The lowest BCUT2D eigenvalue weighted by atomic mass is 9.75. The maximum Gasteiger partial charge on any atom is 0.0872 e. The van der Waals surface area contributed by atoms with Crippen LogP contribution >= 0.6 is 0 Å². The molecule has 2 N–H and O–H groups in total. The van der Waals surface area contributed by atoms with Crippen molar-refractivity contribution in [3.63, 3.8) is 0 Å². The predicted octanol–water partition coefficient (Wildman–Crippen LogP) is 3.02. The van der Waals surface area contributed by atoms with Crippen molar-refractivity contribution in [1.82, 2.24) is 0 Å². The Hall–Kier alpha value is -0.900. The summed E-state index contributed by atoms with van der Waals surface area (Å²) in [5.41, 5.74) is 9.44. The minimum Gasteiger partial charge on any atom is -0.381 e. The van der Waals surface area contributed by atoms with Gasteiger partial charge in [0.15, 0.2) is 0 Å². The van der Waals surface area contributed by atoms with E-state index in [2.05, 4.69) is 24.3 Å². The topological polar surface area (TPSA) is 44.5 Å². The summed E-state index contributed by atoms with van der Waals surface area (Å²) in [6, 6.07) is 8.95. The van der Waals surface area contributed by atoms with E-state index in [4.69, 9.17) is 15.2 Å². The van der Waals surface area contributed by atoms with Crippen LogP contribution in [0.3, 0.4) is 0 Å². The molecule has 116 valence electrons. The van der Waals surface area contributed by atoms with Gasteiger partial charge in [0, 0.05) is 39.2 Å². The van der Waals surface area contributed by atoms with E-state index in [1.807, 2.05) is 0 Å². The van der Waals surface area contributed by atoms with Crippen LogP contribution in [0.1, 0.15) is 49.1 Å². The van der Waals surface area contributed by atoms with Crippen LogP contribution in [0.2, 0.25) is 0 Å². The highest BCUT2D eigenvalue weighted by atomic mass is 16.5. The Morgan fingerprint density at radius 2 is 2.10 bits per heavy atom. The van der Waals surface area contributed by atoms with E-state index in [0.717, 1.165) is 32.5 Å². The number of fused-ring (bicyclic) bond motifs is 1. The molecule has 3 heteroatoms. The van der Waals surface area contributed by atoms with Gasteiger partial charge in [-0.1, -0.05) is 24.3 Å². The third-order valence-electron chi connectivity index (χ3n) is 5.45. The summed E-state index contributed by atoms with van der Waals surface area (Å²) in [4.78, 5) is 0. The van der Waals surface area contributed by atoms with Crippen LogP contribution in [0, 0.1) is 0 Å². The Bertz CT molecular complexity index is 468. The summed E-state index contributed by atoms with van der Waals surface area (Å²) in [6.45, 7) is 1.53. The van der Waals surface area contributed by atoms with Gasteiger partial charge in [-0.05, 0) is 42.7 Å². The molecule has 2 unspecified atom stereocenters. The van der Waals surface area contributed by atoms with E-state index in [1.165, 1.54) is 30.4 Å². The first-order valence-electron chi connectivity index (χ1n) is 8.21. The van der Waals surface area contributed by atoms with E-state index in [-0.39, 0.29) is 11.6 Å². The Balaban J connectivity index is 1.74. The zero-order valence-electron chi connectivity index (χ0n) is 13.0. The SMILES string of the molecule is COC1(C(N)CC2CCCc3ccccc32)CCOCC1. The molecule has 1 aliphatic heterocycles. The van der Waals surface area contributed by atoms with E-state index >= 15 is 0 Å². The lowest BCUT2D eigenvalue weighted by Gasteiger charge is -2.42. The van der Waals surface area contributed by atoms with Gasteiger partial charge in [0.2, 0.25) is 0 Å². The Labute approximate surface area is 127 Å². The molecule has 0 spiro atoms. The number of benzene rings is 1. The molecule has 1 aromatic rings. The fourth-order valence-corrected chi connectivity index (χ4v) is 4.06. The van der Waals surface area contributed by atoms with E-state index in [1.54, 1.807) is 7.11 Å². The number of nitrogens with two attached hydrogens (primary N) is 1. The normalized spacial score (nSPS) is 26.1. The van der Waals surface area contributed by atoms with Crippen LogP contribution in [-0.2, 0) is 15.9 Å². The summed E-state index contributed by atoms with van der Waals surface area (Å²) in [7, 11) is 1.81. The number of hydrogen-bond acceptors (Lipinski definition) is 3. The second-order valence-electron chi connectivity index (χ2n) is 6.51. The summed E-state index contributed by atoms with van der Waals surface area (Å²) < 4.78 is 11.4. The molecule has 21 heavy (non-hydrogen) atoms. The van der Waals surface area contributed by atoms with Gasteiger partial charge in [-0.2, -0.15) is 0 Å². The largest absolute Gasteiger partial charge is 0.381 e. The molecule has 2 aliphatic rings. The minimum absolute atomic E-state index is 0.0857. The maximum atomic E-state index is 6.60. The van der Waals surface area contributed by atoms with Crippen molar-refractivity contribution >= 4 is 0 Å². The molecule has 3 nitrogen and oxygen atoms in total. The highest BCUT2D eigenvalue weighted by molar-refractivity contribution is 5.32. The molecule has 1 saturated heterocycles. The Morgan fingerprint density at radius 3 is 2.86 bits per heavy atom. The third kappa shape index (κ3) is 3.01. The van der Waals surface area contributed by atoms with Crippen LogP contribution < -0.4 is 5.73 Å². The van der Waals surface area contributed by atoms with Crippen molar-refractivity contribution in [3.8, 4) is 0 Å². The van der Waals surface area contributed by atoms with Gasteiger partial charge < -0.3 is 15.2 Å². The lowest BCUT2D eigenvalue weighted by molar-refractivity contribution is -0.106. The van der Waals surface area contributed by atoms with Crippen LogP contribution in [0.5, 0.6) is 0 Å². The highest BCUT2D eigenvalue weighted by Gasteiger charge is 2.40. The molecular formula is C18H27NO2. The smallest absolute Gasteiger partial charge is 0.0872 e. The fourth-order valence-electron chi connectivity index (χ4n) is 4.06. The van der Waals surface area contributed by atoms with Gasteiger partial charge in [-0.25, -0.2) is 0 Å². The zero-order chi connectivity index (χ0) is 14.7. The molecule has 3 rings (SSSR count). The van der Waals surface area contributed by atoms with Gasteiger partial charge in [-0.3, -0.25) is 0 Å². The van der Waals surface area contributed by atoms with Gasteiger partial charge in [0.1, 0.15) is 0 Å². The first-order chi connectivity index (χ1) is 10.2. The molecule has 0 radical (unpaired) electrons. The van der Waals surface area contributed by atoms with Crippen molar-refractivity contribution in [2.45, 2.75) is 56.1 Å². The van der Waals surface area contributed by atoms with Crippen molar-refractivity contribution in [2.75, 3.05) is 20.3 Å². The first-order valence-corrected chi connectivity index (χ1v) is 8.21. The van der Waals surface area contributed by atoms with Crippen LogP contribution in [-0.4, -0.2) is 32.0 Å². The fraction of sp³-hybridized carbons (Fsp3) is 0.667. The van der Waals surface area contributed by atoms with Gasteiger partial charge in [0.05, 0.1) is 5.60 Å². The first kappa shape index (κ1) is 15.0. The molecule has 0 aromatic heterocycles. The molecule has 1 aliphatic carbocycles. The lowest BCUT2D eigenvalue weighted by Crippen LogP contribution is -2.53. The van der Waals surface area contributed by atoms with Crippen molar-refractivity contribution in [3.05, 3.63) is 35.4 Å². The minimum atomic E-state index is -0.190. The second-order valence-corrected chi connectivity index (χ2v) is 6.51. The summed E-state index contributed by atoms with van der Waals surface area (Å²) in [5, 5.41) is 0. The molecule has 1 aromatic carbocycles. The molecule has 2 atom stereocenters. The molecule has 0 saturated carbocycles. The second kappa shape index (κ2) is 6.47. The predicted molar refractivity (Wildman–Crippen MR) is 84.5 cm³/mol. The number of methoxy groups -OCH3 is 1. The standard InChI is InChI=1S/C18H27NO2/c1-20-18(9-11-21-12-10-18)17(19)13-15-7-4-6-14-5-2-3-8-16(14)15/h2-3,5,8,15,17H,4,6-7,9-13,19H2,1H3. The third-order valence-corrected chi connectivity index (χ3v) is 5.45. The van der Waals surface area contributed by atoms with E-state index in [9.17, 15) is 0 Å². The monoisotopic (exact) mass is 289 g/mol. The van der Waals surface area contributed by atoms with E-state index in [0.29, 0.717) is 5.92 Å². The zero-order valence-corrected chi connectivity index (χ0v) is 13.0. The molecular weight excluding hydrogens is 262 g/mol. The summed E-state index contributed by atoms with van der Waals surface area (Å²) in [6.07, 6.45) is 6.59. The average molecular weight is 289 g/mol. The molecule has 0 amide bonds. The van der Waals surface area contributed by atoms with Crippen LogP contribution in [0.25, 0.3) is 0 Å². The maximum absolute atomic E-state index is 6.60. The quantitative estimate of drug-likeness (QED) is 0.926. The average Bonchev–Trinajstić information content (AvgIpc) is 2.56. The van der Waals surface area contributed by atoms with Gasteiger partial charge in [-0.15, -0.1) is 0 Å². The number of rotatable bonds is 4. The molecule has 1 fully saturated rings.